The topological polar surface area (TPSA) is 38.5 Å². The zero-order chi connectivity index (χ0) is 13.1. The predicted molar refractivity (Wildman–Crippen MR) is 79.6 cm³/mol. The molecule has 3 nitrogen and oxygen atoms in total. The molecule has 2 rings (SSSR count). The van der Waals surface area contributed by atoms with Gasteiger partial charge in [-0.1, -0.05) is 23.8 Å². The van der Waals surface area contributed by atoms with Crippen LogP contribution in [-0.4, -0.2) is 31.3 Å². The quantitative estimate of drug-likeness (QED) is 0.866. The number of hydrogen-bond acceptors (Lipinski definition) is 3. The predicted octanol–water partition coefficient (Wildman–Crippen LogP) is 2.59. The molecule has 0 saturated carbocycles. The van der Waals surface area contributed by atoms with Crippen LogP contribution in [0.5, 0.6) is 0 Å². The van der Waals surface area contributed by atoms with Crippen LogP contribution in [-0.2, 0) is 4.74 Å². The summed E-state index contributed by atoms with van der Waals surface area (Å²) in [5.74, 6) is 0. The van der Waals surface area contributed by atoms with E-state index in [1.54, 1.807) is 0 Å². The van der Waals surface area contributed by atoms with Gasteiger partial charge in [0.15, 0.2) is 0 Å². The van der Waals surface area contributed by atoms with E-state index in [0.29, 0.717) is 16.1 Å². The van der Waals surface area contributed by atoms with Gasteiger partial charge in [0.25, 0.3) is 0 Å². The molecular weight excluding hydrogens is 268 g/mol. The summed E-state index contributed by atoms with van der Waals surface area (Å²) in [4.78, 5) is 2.59. The van der Waals surface area contributed by atoms with Gasteiger partial charge in [0.05, 0.1) is 10.7 Å². The van der Waals surface area contributed by atoms with E-state index in [1.165, 1.54) is 0 Å². The van der Waals surface area contributed by atoms with E-state index in [1.807, 2.05) is 18.2 Å². The molecule has 0 aromatic heterocycles. The zero-order valence-corrected chi connectivity index (χ0v) is 11.9. The third-order valence-electron chi connectivity index (χ3n) is 3.35. The molecule has 0 spiro atoms. The molecule has 1 aromatic rings. The Bertz CT molecular complexity index is 447. The highest BCUT2D eigenvalue weighted by molar-refractivity contribution is 7.80. The smallest absolute Gasteiger partial charge is 0.104 e. The van der Waals surface area contributed by atoms with Crippen molar-refractivity contribution in [2.45, 2.75) is 18.9 Å². The number of thiocarbonyl (C=S) groups is 1. The summed E-state index contributed by atoms with van der Waals surface area (Å²) in [5, 5.41) is 0.689. The van der Waals surface area contributed by atoms with E-state index in [4.69, 9.17) is 34.3 Å². The molecule has 0 bridgehead atoms. The van der Waals surface area contributed by atoms with Crippen molar-refractivity contribution in [3.63, 3.8) is 0 Å². The van der Waals surface area contributed by atoms with Crippen molar-refractivity contribution in [2.24, 2.45) is 5.73 Å². The summed E-state index contributed by atoms with van der Waals surface area (Å²) in [6, 6.07) is 6.20. The van der Waals surface area contributed by atoms with E-state index in [2.05, 4.69) is 11.9 Å². The number of hydrogen-bond donors (Lipinski definition) is 1. The molecule has 0 radical (unpaired) electrons. The van der Waals surface area contributed by atoms with Gasteiger partial charge in [0.1, 0.15) is 4.99 Å². The van der Waals surface area contributed by atoms with Gasteiger partial charge in [-0.05, 0) is 31.0 Å². The molecule has 18 heavy (non-hydrogen) atoms. The maximum absolute atomic E-state index is 6.30. The van der Waals surface area contributed by atoms with E-state index in [9.17, 15) is 0 Å². The van der Waals surface area contributed by atoms with E-state index >= 15 is 0 Å². The second-order valence-corrected chi connectivity index (χ2v) is 5.33. The zero-order valence-electron chi connectivity index (χ0n) is 10.4. The van der Waals surface area contributed by atoms with Gasteiger partial charge in [-0.3, -0.25) is 0 Å². The third kappa shape index (κ3) is 2.94. The van der Waals surface area contributed by atoms with Gasteiger partial charge in [-0.2, -0.15) is 0 Å². The standard InChI is InChI=1S/C13H17ClN2OS/c1-16(10-4-6-17-7-5-10)12-3-2-9(13(15)18)8-11(12)14/h2-3,8,10H,4-7H2,1H3,(H2,15,18). The number of ether oxygens (including phenoxy) is 1. The second kappa shape index (κ2) is 5.87. The molecule has 5 heteroatoms. The average molecular weight is 285 g/mol. The minimum atomic E-state index is 0.372. The monoisotopic (exact) mass is 284 g/mol. The Labute approximate surface area is 118 Å². The van der Waals surface area contributed by atoms with Gasteiger partial charge < -0.3 is 15.4 Å². The number of nitrogens with zero attached hydrogens (tertiary/aromatic N) is 1. The van der Waals surface area contributed by atoms with Gasteiger partial charge in [-0.25, -0.2) is 0 Å². The lowest BCUT2D eigenvalue weighted by molar-refractivity contribution is 0.0855. The van der Waals surface area contributed by atoms with Gasteiger partial charge >= 0.3 is 0 Å². The number of anilines is 1. The Morgan fingerprint density at radius 3 is 2.67 bits per heavy atom. The maximum Gasteiger partial charge on any atom is 0.104 e. The molecule has 1 heterocycles. The third-order valence-corrected chi connectivity index (χ3v) is 3.89. The Morgan fingerprint density at radius 1 is 1.44 bits per heavy atom. The first-order valence-corrected chi connectivity index (χ1v) is 6.78. The molecule has 0 amide bonds. The van der Waals surface area contributed by atoms with Crippen molar-refractivity contribution in [1.82, 2.24) is 0 Å². The minimum absolute atomic E-state index is 0.372. The Morgan fingerprint density at radius 2 is 2.11 bits per heavy atom. The SMILES string of the molecule is CN(c1ccc(C(N)=S)cc1Cl)C1CCOCC1. The van der Waals surface area contributed by atoms with Gasteiger partial charge in [-0.15, -0.1) is 0 Å². The van der Waals surface area contributed by atoms with Crippen molar-refractivity contribution in [2.75, 3.05) is 25.2 Å². The second-order valence-electron chi connectivity index (χ2n) is 4.48. The largest absolute Gasteiger partial charge is 0.389 e. The first-order valence-electron chi connectivity index (χ1n) is 5.99. The van der Waals surface area contributed by atoms with Crippen LogP contribution in [0.2, 0.25) is 5.02 Å². The summed E-state index contributed by atoms with van der Waals surface area (Å²) < 4.78 is 5.37. The van der Waals surface area contributed by atoms with Crippen LogP contribution >= 0.6 is 23.8 Å². The highest BCUT2D eigenvalue weighted by Crippen LogP contribution is 2.29. The molecule has 0 unspecified atom stereocenters. The molecule has 1 saturated heterocycles. The molecule has 98 valence electrons. The molecule has 1 fully saturated rings. The average Bonchev–Trinajstić information content (AvgIpc) is 2.38. The van der Waals surface area contributed by atoms with Crippen molar-refractivity contribution >= 4 is 34.5 Å². The summed E-state index contributed by atoms with van der Waals surface area (Å²) in [7, 11) is 2.07. The van der Waals surface area contributed by atoms with Crippen LogP contribution in [0.3, 0.4) is 0 Å². The fourth-order valence-corrected chi connectivity index (χ4v) is 2.66. The Hall–Kier alpha value is -0.840. The van der Waals surface area contributed by atoms with E-state index in [-0.39, 0.29) is 0 Å². The maximum atomic E-state index is 6.30. The van der Waals surface area contributed by atoms with Crippen LogP contribution in [0.25, 0.3) is 0 Å². The summed E-state index contributed by atoms with van der Waals surface area (Å²) in [6.45, 7) is 1.63. The highest BCUT2D eigenvalue weighted by Gasteiger charge is 2.20. The Balaban J connectivity index is 2.19. The molecular formula is C13H17ClN2OS. The molecule has 0 aliphatic carbocycles. The van der Waals surface area contributed by atoms with E-state index in [0.717, 1.165) is 37.3 Å². The van der Waals surface area contributed by atoms with Crippen LogP contribution < -0.4 is 10.6 Å². The summed E-state index contributed by atoms with van der Waals surface area (Å²) in [6.07, 6.45) is 2.06. The van der Waals surface area contributed by atoms with Crippen LogP contribution in [0, 0.1) is 0 Å². The lowest BCUT2D eigenvalue weighted by Crippen LogP contribution is -2.36. The van der Waals surface area contributed by atoms with Crippen molar-refractivity contribution in [3.05, 3.63) is 28.8 Å². The van der Waals surface area contributed by atoms with Crippen LogP contribution in [0.4, 0.5) is 5.69 Å². The minimum Gasteiger partial charge on any atom is -0.389 e. The van der Waals surface area contributed by atoms with Crippen molar-refractivity contribution in [1.29, 1.82) is 0 Å². The number of nitrogens with two attached hydrogens (primary N) is 1. The van der Waals surface area contributed by atoms with Crippen LogP contribution in [0.1, 0.15) is 18.4 Å². The van der Waals surface area contributed by atoms with Gasteiger partial charge in [0, 0.05) is 31.9 Å². The van der Waals surface area contributed by atoms with Crippen molar-refractivity contribution in [3.8, 4) is 0 Å². The number of halogens is 1. The fourth-order valence-electron chi connectivity index (χ4n) is 2.22. The summed E-state index contributed by atoms with van der Waals surface area (Å²) in [5.41, 5.74) is 7.42. The number of rotatable bonds is 3. The molecule has 1 aromatic carbocycles. The lowest BCUT2D eigenvalue weighted by Gasteiger charge is -2.33. The molecule has 2 N–H and O–H groups in total. The first-order chi connectivity index (χ1) is 8.59. The molecule has 1 aliphatic rings. The highest BCUT2D eigenvalue weighted by atomic mass is 35.5. The summed E-state index contributed by atoms with van der Waals surface area (Å²) >= 11 is 11.2. The molecule has 1 aliphatic heterocycles. The van der Waals surface area contributed by atoms with Crippen LogP contribution in [0.15, 0.2) is 18.2 Å². The van der Waals surface area contributed by atoms with Crippen molar-refractivity contribution < 1.29 is 4.74 Å². The Kier molecular flexibility index (Phi) is 4.43. The van der Waals surface area contributed by atoms with E-state index < -0.39 is 0 Å². The normalized spacial score (nSPS) is 16.6. The number of benzene rings is 1. The first kappa shape index (κ1) is 13.6. The fraction of sp³-hybridized carbons (Fsp3) is 0.462. The van der Waals surface area contributed by atoms with Gasteiger partial charge in [0.2, 0.25) is 0 Å². The lowest BCUT2D eigenvalue weighted by atomic mass is 10.1. The molecule has 0 atom stereocenters.